The second-order valence-electron chi connectivity index (χ2n) is 4.55. The lowest BCUT2D eigenvalue weighted by Crippen LogP contribution is -2.14. The summed E-state index contributed by atoms with van der Waals surface area (Å²) in [6.45, 7) is 3.77. The molecule has 2 heterocycles. The number of nitrogens with zero attached hydrogens (tertiary/aromatic N) is 2. The highest BCUT2D eigenvalue weighted by molar-refractivity contribution is 5.69. The maximum atomic E-state index is 11.8. The molecule has 2 N–H and O–H groups in total. The molecule has 2 aromatic heterocycles. The number of rotatable bonds is 1. The van der Waals surface area contributed by atoms with E-state index < -0.39 is 0 Å². The zero-order chi connectivity index (χ0) is 13.6. The largest absolute Gasteiger partial charge is 0.508 e. The van der Waals surface area contributed by atoms with Gasteiger partial charge in [0.1, 0.15) is 5.75 Å². The van der Waals surface area contributed by atoms with E-state index in [9.17, 15) is 9.90 Å². The Morgan fingerprint density at radius 1 is 1.32 bits per heavy atom. The van der Waals surface area contributed by atoms with Crippen LogP contribution in [-0.2, 0) is 0 Å². The molecule has 5 heteroatoms. The van der Waals surface area contributed by atoms with Crippen LogP contribution in [0.4, 0.5) is 0 Å². The monoisotopic (exact) mass is 255 g/mol. The minimum atomic E-state index is -0.206. The summed E-state index contributed by atoms with van der Waals surface area (Å²) in [5.41, 5.74) is 3.70. The fourth-order valence-corrected chi connectivity index (χ4v) is 2.36. The van der Waals surface area contributed by atoms with Gasteiger partial charge in [-0.2, -0.15) is 0 Å². The second-order valence-corrected chi connectivity index (χ2v) is 4.55. The summed E-state index contributed by atoms with van der Waals surface area (Å²) in [5, 5.41) is 9.49. The lowest BCUT2D eigenvalue weighted by atomic mass is 10.0. The van der Waals surface area contributed by atoms with Crippen molar-refractivity contribution in [2.45, 2.75) is 13.8 Å². The van der Waals surface area contributed by atoms with Crippen LogP contribution in [-0.4, -0.2) is 19.5 Å². The molecule has 0 aliphatic carbocycles. The molecule has 96 valence electrons. The molecule has 0 radical (unpaired) electrons. The summed E-state index contributed by atoms with van der Waals surface area (Å²) in [6, 6.07) is 5.17. The van der Waals surface area contributed by atoms with Gasteiger partial charge in [0, 0.05) is 23.7 Å². The van der Waals surface area contributed by atoms with Crippen LogP contribution in [0.5, 0.6) is 5.75 Å². The molecule has 3 rings (SSSR count). The van der Waals surface area contributed by atoms with Gasteiger partial charge < -0.3 is 10.1 Å². The van der Waals surface area contributed by atoms with Crippen molar-refractivity contribution in [3.8, 4) is 17.0 Å². The second kappa shape index (κ2) is 3.98. The number of phenols is 1. The van der Waals surface area contributed by atoms with Crippen LogP contribution in [0.25, 0.3) is 16.9 Å². The Balaban J connectivity index is 2.42. The fraction of sp³-hybridized carbons (Fsp3) is 0.143. The van der Waals surface area contributed by atoms with Crippen molar-refractivity contribution in [2.75, 3.05) is 0 Å². The summed E-state index contributed by atoms with van der Waals surface area (Å²) in [7, 11) is 0. The van der Waals surface area contributed by atoms with Crippen molar-refractivity contribution < 1.29 is 5.11 Å². The molecular weight excluding hydrogens is 242 g/mol. The summed E-state index contributed by atoms with van der Waals surface area (Å²) in [4.78, 5) is 18.7. The molecule has 0 atom stereocenters. The third-order valence-corrected chi connectivity index (χ3v) is 3.21. The first-order valence-corrected chi connectivity index (χ1v) is 5.94. The summed E-state index contributed by atoms with van der Waals surface area (Å²) in [5.74, 6) is 0.227. The average molecular weight is 255 g/mol. The molecule has 0 fully saturated rings. The Labute approximate surface area is 109 Å². The smallest absolute Gasteiger partial charge is 0.291 e. The highest BCUT2D eigenvalue weighted by Crippen LogP contribution is 2.27. The molecule has 0 saturated heterocycles. The number of hydrogen-bond acceptors (Lipinski definition) is 3. The van der Waals surface area contributed by atoms with Crippen LogP contribution < -0.4 is 5.56 Å². The van der Waals surface area contributed by atoms with E-state index >= 15 is 0 Å². The number of aromatic hydroxyl groups is 1. The molecule has 0 unspecified atom stereocenters. The molecule has 0 aliphatic heterocycles. The summed E-state index contributed by atoms with van der Waals surface area (Å²) < 4.78 is 1.77. The number of nitrogens with one attached hydrogen (secondary N) is 1. The fourth-order valence-electron chi connectivity index (χ4n) is 2.36. The number of aryl methyl sites for hydroxylation is 2. The van der Waals surface area contributed by atoms with Crippen molar-refractivity contribution >= 4 is 5.65 Å². The lowest BCUT2D eigenvalue weighted by molar-refractivity contribution is 0.475. The first-order chi connectivity index (χ1) is 9.08. The van der Waals surface area contributed by atoms with Gasteiger partial charge in [-0.05, 0) is 37.6 Å². The standard InChI is InChI=1S/C14H13N3O2/c1-8-7-10(18)3-4-11(8)12-9(2)16-14(19)13-15-5-6-17(12)13/h3-7,18H,1-2H3,(H,16,19). The predicted molar refractivity (Wildman–Crippen MR) is 72.4 cm³/mol. The van der Waals surface area contributed by atoms with Crippen molar-refractivity contribution in [1.82, 2.24) is 14.4 Å². The number of H-pyrrole nitrogens is 1. The number of fused-ring (bicyclic) bond motifs is 1. The van der Waals surface area contributed by atoms with Crippen molar-refractivity contribution in [3.05, 3.63) is 52.2 Å². The molecule has 19 heavy (non-hydrogen) atoms. The molecule has 0 bridgehead atoms. The molecule has 1 aromatic carbocycles. The third kappa shape index (κ3) is 1.71. The van der Waals surface area contributed by atoms with Crippen molar-refractivity contribution in [1.29, 1.82) is 0 Å². The topological polar surface area (TPSA) is 70.4 Å². The van der Waals surface area contributed by atoms with Gasteiger partial charge in [-0.15, -0.1) is 0 Å². The normalized spacial score (nSPS) is 11.1. The zero-order valence-electron chi connectivity index (χ0n) is 10.6. The van der Waals surface area contributed by atoms with Gasteiger partial charge in [-0.1, -0.05) is 0 Å². The van der Waals surface area contributed by atoms with Crippen LogP contribution >= 0.6 is 0 Å². The van der Waals surface area contributed by atoms with Gasteiger partial charge in [0.05, 0.1) is 5.69 Å². The number of imidazole rings is 1. The number of aromatic nitrogens is 3. The molecule has 0 saturated carbocycles. The van der Waals surface area contributed by atoms with Gasteiger partial charge >= 0.3 is 0 Å². The minimum absolute atomic E-state index is 0.206. The highest BCUT2D eigenvalue weighted by Gasteiger charge is 2.13. The van der Waals surface area contributed by atoms with E-state index in [0.717, 1.165) is 22.5 Å². The molecule has 5 nitrogen and oxygen atoms in total. The molecule has 3 aromatic rings. The molecular formula is C14H13N3O2. The lowest BCUT2D eigenvalue weighted by Gasteiger charge is -2.12. The van der Waals surface area contributed by atoms with Gasteiger partial charge in [-0.3, -0.25) is 9.20 Å². The van der Waals surface area contributed by atoms with Crippen LogP contribution in [0.3, 0.4) is 0 Å². The van der Waals surface area contributed by atoms with E-state index in [1.165, 1.54) is 0 Å². The number of hydrogen-bond donors (Lipinski definition) is 2. The van der Waals surface area contributed by atoms with E-state index in [1.807, 2.05) is 19.9 Å². The molecule has 0 aliphatic rings. The van der Waals surface area contributed by atoms with Crippen molar-refractivity contribution in [2.24, 2.45) is 0 Å². The van der Waals surface area contributed by atoms with E-state index in [1.54, 1.807) is 28.9 Å². The van der Waals surface area contributed by atoms with E-state index in [4.69, 9.17) is 0 Å². The van der Waals surface area contributed by atoms with Crippen LogP contribution in [0.15, 0.2) is 35.4 Å². The van der Waals surface area contributed by atoms with Gasteiger partial charge in [0.25, 0.3) is 5.56 Å². The van der Waals surface area contributed by atoms with E-state index in [-0.39, 0.29) is 11.3 Å². The molecule has 0 spiro atoms. The average Bonchev–Trinajstić information content (AvgIpc) is 2.81. The first kappa shape index (κ1) is 11.5. The number of aromatic amines is 1. The highest BCUT2D eigenvalue weighted by atomic mass is 16.3. The molecule has 0 amide bonds. The number of benzene rings is 1. The Hall–Kier alpha value is -2.56. The SMILES string of the molecule is Cc1cc(O)ccc1-c1c(C)[nH]c(=O)c2nccn12. The Morgan fingerprint density at radius 3 is 2.84 bits per heavy atom. The van der Waals surface area contributed by atoms with Crippen LogP contribution in [0.2, 0.25) is 0 Å². The Morgan fingerprint density at radius 2 is 2.11 bits per heavy atom. The minimum Gasteiger partial charge on any atom is -0.508 e. The van der Waals surface area contributed by atoms with Crippen molar-refractivity contribution in [3.63, 3.8) is 0 Å². The van der Waals surface area contributed by atoms with Crippen LogP contribution in [0, 0.1) is 13.8 Å². The first-order valence-electron chi connectivity index (χ1n) is 5.94. The quantitative estimate of drug-likeness (QED) is 0.698. The predicted octanol–water partition coefficient (Wildman–Crippen LogP) is 2.01. The van der Waals surface area contributed by atoms with Crippen LogP contribution in [0.1, 0.15) is 11.3 Å². The maximum Gasteiger partial charge on any atom is 0.291 e. The Kier molecular flexibility index (Phi) is 2.41. The number of phenolic OH excluding ortho intramolecular Hbond substituents is 1. The van der Waals surface area contributed by atoms with Gasteiger partial charge in [0.2, 0.25) is 5.65 Å². The summed E-state index contributed by atoms with van der Waals surface area (Å²) in [6.07, 6.45) is 3.36. The van der Waals surface area contributed by atoms with Gasteiger partial charge in [-0.25, -0.2) is 4.98 Å². The maximum absolute atomic E-state index is 11.8. The zero-order valence-corrected chi connectivity index (χ0v) is 10.6. The van der Waals surface area contributed by atoms with E-state index in [0.29, 0.717) is 5.65 Å². The van der Waals surface area contributed by atoms with E-state index in [2.05, 4.69) is 9.97 Å². The third-order valence-electron chi connectivity index (χ3n) is 3.21. The Bertz CT molecular complexity index is 830. The van der Waals surface area contributed by atoms with Gasteiger partial charge in [0.15, 0.2) is 0 Å². The summed E-state index contributed by atoms with van der Waals surface area (Å²) >= 11 is 0.